The van der Waals surface area contributed by atoms with Crippen molar-refractivity contribution in [2.24, 2.45) is 0 Å². The van der Waals surface area contributed by atoms with Gasteiger partial charge in [-0.2, -0.15) is 0 Å². The summed E-state index contributed by atoms with van der Waals surface area (Å²) in [6, 6.07) is 3.61. The number of phenols is 1. The molecule has 0 radical (unpaired) electrons. The van der Waals surface area contributed by atoms with Crippen LogP contribution in [0.3, 0.4) is 0 Å². The van der Waals surface area contributed by atoms with Gasteiger partial charge in [0.15, 0.2) is 12.1 Å². The second-order valence-electron chi connectivity index (χ2n) is 8.39. The Bertz CT molecular complexity index is 550. The van der Waals surface area contributed by atoms with Gasteiger partial charge >= 0.3 is 0 Å². The predicted octanol–water partition coefficient (Wildman–Crippen LogP) is 4.96. The third-order valence-corrected chi connectivity index (χ3v) is 4.11. The van der Waals surface area contributed by atoms with E-state index in [0.717, 1.165) is 11.1 Å². The molecular weight excluding hydrogens is 316 g/mol. The van der Waals surface area contributed by atoms with Crippen LogP contribution >= 0.6 is 0 Å². The third kappa shape index (κ3) is 5.82. The first kappa shape index (κ1) is 21.7. The maximum Gasteiger partial charge on any atom is 0.167 e. The molecule has 0 fully saturated rings. The number of carbonyl (C=O) groups excluding carboxylic acids is 1. The zero-order valence-corrected chi connectivity index (χ0v) is 17.0. The van der Waals surface area contributed by atoms with Crippen molar-refractivity contribution in [3.63, 3.8) is 0 Å². The first-order valence-corrected chi connectivity index (χ1v) is 9.06. The highest BCUT2D eigenvalue weighted by Crippen LogP contribution is 2.40. The number of phenolic OH excluding ortho intramolecular Hbond substituents is 1. The van der Waals surface area contributed by atoms with Crippen LogP contribution in [0.15, 0.2) is 12.1 Å². The van der Waals surface area contributed by atoms with E-state index in [2.05, 4.69) is 0 Å². The number of ketones is 1. The van der Waals surface area contributed by atoms with E-state index >= 15 is 0 Å². The minimum absolute atomic E-state index is 0.0390. The van der Waals surface area contributed by atoms with Gasteiger partial charge in [0.1, 0.15) is 5.75 Å². The summed E-state index contributed by atoms with van der Waals surface area (Å²) in [5, 5.41) is 10.8. The zero-order valence-electron chi connectivity index (χ0n) is 17.0. The lowest BCUT2D eigenvalue weighted by molar-refractivity contribution is -0.133. The highest BCUT2D eigenvalue weighted by Gasteiger charge is 2.28. The number of benzene rings is 1. The van der Waals surface area contributed by atoms with Crippen LogP contribution in [0.25, 0.3) is 0 Å². The molecule has 0 aromatic heterocycles. The van der Waals surface area contributed by atoms with Crippen LogP contribution in [0.2, 0.25) is 0 Å². The van der Waals surface area contributed by atoms with Crippen molar-refractivity contribution in [3.8, 4) is 5.75 Å². The summed E-state index contributed by atoms with van der Waals surface area (Å²) < 4.78 is 11.0. The first-order chi connectivity index (χ1) is 11.4. The van der Waals surface area contributed by atoms with Crippen LogP contribution in [0, 0.1) is 0 Å². The molecule has 4 heteroatoms. The van der Waals surface area contributed by atoms with Crippen molar-refractivity contribution in [2.45, 2.75) is 78.9 Å². The summed E-state index contributed by atoms with van der Waals surface area (Å²) in [6.45, 7) is 17.0. The molecule has 4 nitrogen and oxygen atoms in total. The maximum absolute atomic E-state index is 12.8. The van der Waals surface area contributed by atoms with Gasteiger partial charge in [-0.25, -0.2) is 0 Å². The molecule has 0 aliphatic rings. The van der Waals surface area contributed by atoms with Gasteiger partial charge in [-0.1, -0.05) is 41.5 Å². The quantitative estimate of drug-likeness (QED) is 0.558. The summed E-state index contributed by atoms with van der Waals surface area (Å²) in [5.74, 6) is 0.241. The standard InChI is InChI=1S/C21H34O4/c1-9-24-18(25-10-2)13-17(22)14-11-15(20(3,4)5)19(23)16(12-14)21(6,7)8/h11-12,18,23H,9-10,13H2,1-8H3. The normalized spacial score (nSPS) is 12.7. The van der Waals surface area contributed by atoms with E-state index in [9.17, 15) is 9.90 Å². The summed E-state index contributed by atoms with van der Waals surface area (Å²) in [7, 11) is 0. The molecule has 1 rings (SSSR count). The molecule has 0 atom stereocenters. The molecule has 25 heavy (non-hydrogen) atoms. The number of Topliss-reactive ketones (excluding diaryl/α,β-unsaturated/α-hetero) is 1. The van der Waals surface area contributed by atoms with Crippen LogP contribution in [0.1, 0.15) is 83.3 Å². The molecule has 0 spiro atoms. The maximum atomic E-state index is 12.8. The van der Waals surface area contributed by atoms with Gasteiger partial charge in [0.05, 0.1) is 6.42 Å². The van der Waals surface area contributed by atoms with Gasteiger partial charge in [0.2, 0.25) is 0 Å². The summed E-state index contributed by atoms with van der Waals surface area (Å²) in [4.78, 5) is 12.8. The monoisotopic (exact) mass is 350 g/mol. The molecule has 142 valence electrons. The van der Waals surface area contributed by atoms with E-state index < -0.39 is 6.29 Å². The van der Waals surface area contributed by atoms with Crippen molar-refractivity contribution in [3.05, 3.63) is 28.8 Å². The van der Waals surface area contributed by atoms with Crippen LogP contribution in [0.5, 0.6) is 5.75 Å². The van der Waals surface area contributed by atoms with Crippen LogP contribution < -0.4 is 0 Å². The Balaban J connectivity index is 3.33. The van der Waals surface area contributed by atoms with Gasteiger partial charge in [-0.05, 0) is 36.8 Å². The summed E-state index contributed by atoms with van der Waals surface area (Å²) >= 11 is 0. The van der Waals surface area contributed by atoms with E-state index in [1.807, 2.05) is 67.5 Å². The smallest absolute Gasteiger partial charge is 0.167 e. The number of rotatable bonds is 7. The Morgan fingerprint density at radius 3 is 1.68 bits per heavy atom. The van der Waals surface area contributed by atoms with Crippen molar-refractivity contribution < 1.29 is 19.4 Å². The van der Waals surface area contributed by atoms with Gasteiger partial charge in [-0.15, -0.1) is 0 Å². The predicted molar refractivity (Wildman–Crippen MR) is 101 cm³/mol. The minimum Gasteiger partial charge on any atom is -0.507 e. The van der Waals surface area contributed by atoms with Gasteiger partial charge in [-0.3, -0.25) is 4.79 Å². The minimum atomic E-state index is -0.535. The number of carbonyl (C=O) groups is 1. The molecule has 0 amide bonds. The lowest BCUT2D eigenvalue weighted by Crippen LogP contribution is -2.23. The Kier molecular flexibility index (Phi) is 7.21. The Morgan fingerprint density at radius 1 is 0.960 bits per heavy atom. The average Bonchev–Trinajstić information content (AvgIpc) is 2.45. The topological polar surface area (TPSA) is 55.8 Å². The molecule has 0 saturated heterocycles. The van der Waals surface area contributed by atoms with Crippen LogP contribution in [-0.4, -0.2) is 30.4 Å². The molecular formula is C21H34O4. The van der Waals surface area contributed by atoms with E-state index in [-0.39, 0.29) is 28.8 Å². The second-order valence-corrected chi connectivity index (χ2v) is 8.39. The first-order valence-electron chi connectivity index (χ1n) is 9.06. The van der Waals surface area contributed by atoms with Crippen LogP contribution in [-0.2, 0) is 20.3 Å². The van der Waals surface area contributed by atoms with Crippen molar-refractivity contribution in [1.82, 2.24) is 0 Å². The summed E-state index contributed by atoms with van der Waals surface area (Å²) in [5.41, 5.74) is 1.64. The highest BCUT2D eigenvalue weighted by molar-refractivity contribution is 5.97. The fourth-order valence-corrected chi connectivity index (χ4v) is 2.75. The zero-order chi connectivity index (χ0) is 19.4. The molecule has 1 N–H and O–H groups in total. The fourth-order valence-electron chi connectivity index (χ4n) is 2.75. The summed E-state index contributed by atoms with van der Waals surface area (Å²) in [6.07, 6.45) is -0.368. The van der Waals surface area contributed by atoms with E-state index in [1.165, 1.54) is 0 Å². The largest absolute Gasteiger partial charge is 0.507 e. The van der Waals surface area contributed by atoms with Gasteiger partial charge < -0.3 is 14.6 Å². The lowest BCUT2D eigenvalue weighted by Gasteiger charge is -2.28. The Labute approximate surface area is 152 Å². The van der Waals surface area contributed by atoms with Crippen molar-refractivity contribution >= 4 is 5.78 Å². The second kappa shape index (κ2) is 8.33. The van der Waals surface area contributed by atoms with Crippen molar-refractivity contribution in [1.29, 1.82) is 0 Å². The van der Waals surface area contributed by atoms with Crippen LogP contribution in [0.4, 0.5) is 0 Å². The average molecular weight is 350 g/mol. The number of hydrogen-bond acceptors (Lipinski definition) is 4. The molecule has 0 aliphatic heterocycles. The molecule has 0 heterocycles. The molecule has 0 unspecified atom stereocenters. The van der Waals surface area contributed by atoms with Gasteiger partial charge in [0.25, 0.3) is 0 Å². The van der Waals surface area contributed by atoms with Crippen molar-refractivity contribution in [2.75, 3.05) is 13.2 Å². The van der Waals surface area contributed by atoms with E-state index in [1.54, 1.807) is 0 Å². The number of ether oxygens (including phenoxy) is 2. The molecule has 0 aliphatic carbocycles. The number of hydrogen-bond donors (Lipinski definition) is 1. The molecule has 0 saturated carbocycles. The Morgan fingerprint density at radius 2 is 1.36 bits per heavy atom. The van der Waals surface area contributed by atoms with Gasteiger partial charge in [0, 0.05) is 29.9 Å². The number of aromatic hydroxyl groups is 1. The van der Waals surface area contributed by atoms with E-state index in [4.69, 9.17) is 9.47 Å². The molecule has 1 aromatic carbocycles. The lowest BCUT2D eigenvalue weighted by atomic mass is 9.78. The Hall–Kier alpha value is -1.39. The highest BCUT2D eigenvalue weighted by atomic mass is 16.7. The van der Waals surface area contributed by atoms with E-state index in [0.29, 0.717) is 18.8 Å². The molecule has 0 bridgehead atoms. The molecule has 1 aromatic rings. The third-order valence-electron chi connectivity index (χ3n) is 4.11. The SMILES string of the molecule is CCOC(CC(=O)c1cc(C(C)(C)C)c(O)c(C(C)(C)C)c1)OCC. The fraction of sp³-hybridized carbons (Fsp3) is 0.667.